The van der Waals surface area contributed by atoms with E-state index < -0.39 is 24.5 Å². The van der Waals surface area contributed by atoms with Gasteiger partial charge < -0.3 is 20.3 Å². The highest BCUT2D eigenvalue weighted by Crippen LogP contribution is 2.18. The molecule has 0 aromatic carbocycles. The Bertz CT molecular complexity index is 197. The van der Waals surface area contributed by atoms with Crippen LogP contribution in [0.1, 0.15) is 20.3 Å². The monoisotopic (exact) mass is 189 g/mol. The molecule has 0 saturated carbocycles. The van der Waals surface area contributed by atoms with E-state index in [1.807, 2.05) is 0 Å². The van der Waals surface area contributed by atoms with Gasteiger partial charge in [0.15, 0.2) is 6.29 Å². The summed E-state index contributed by atoms with van der Waals surface area (Å²) in [7, 11) is 0. The lowest BCUT2D eigenvalue weighted by Crippen LogP contribution is -2.54. The Hall–Kier alpha value is -0.650. The Morgan fingerprint density at radius 2 is 2.15 bits per heavy atom. The molecule has 0 aliphatic carbocycles. The topological polar surface area (TPSA) is 78.8 Å². The molecule has 3 N–H and O–H groups in total. The van der Waals surface area contributed by atoms with Crippen LogP contribution in [-0.4, -0.2) is 40.7 Å². The van der Waals surface area contributed by atoms with Crippen LogP contribution in [0.25, 0.3) is 0 Å². The Balaban J connectivity index is 2.55. The van der Waals surface area contributed by atoms with Gasteiger partial charge in [-0.3, -0.25) is 4.79 Å². The van der Waals surface area contributed by atoms with Crippen LogP contribution in [0.3, 0.4) is 0 Å². The summed E-state index contributed by atoms with van der Waals surface area (Å²) in [5, 5.41) is 21.3. The van der Waals surface area contributed by atoms with E-state index >= 15 is 0 Å². The second-order valence-electron chi connectivity index (χ2n) is 3.33. The number of nitrogens with one attached hydrogen (secondary N) is 1. The normalized spacial score (nSPS) is 40.0. The molecule has 4 atom stereocenters. The zero-order chi connectivity index (χ0) is 10.0. The number of carbonyl (C=O) groups is 1. The van der Waals surface area contributed by atoms with Gasteiger partial charge in [-0.25, -0.2) is 0 Å². The molecule has 1 amide bonds. The molecule has 1 unspecified atom stereocenters. The van der Waals surface area contributed by atoms with Crippen molar-refractivity contribution < 1.29 is 19.7 Å². The summed E-state index contributed by atoms with van der Waals surface area (Å²) in [5.41, 5.74) is 0. The van der Waals surface area contributed by atoms with Gasteiger partial charge in [-0.1, -0.05) is 0 Å². The van der Waals surface area contributed by atoms with E-state index in [-0.39, 0.29) is 12.3 Å². The fraction of sp³-hybridized carbons (Fsp3) is 0.875. The van der Waals surface area contributed by atoms with Crippen LogP contribution in [0.4, 0.5) is 0 Å². The summed E-state index contributed by atoms with van der Waals surface area (Å²) >= 11 is 0. The molecule has 1 fully saturated rings. The third-order valence-corrected chi connectivity index (χ3v) is 2.11. The van der Waals surface area contributed by atoms with Gasteiger partial charge in [0.25, 0.3) is 0 Å². The molecule has 1 rings (SSSR count). The predicted octanol–water partition coefficient (Wildman–Crippen LogP) is -1.02. The van der Waals surface area contributed by atoms with Gasteiger partial charge in [-0.05, 0) is 6.92 Å². The largest absolute Gasteiger partial charge is 0.388 e. The molecule has 0 spiro atoms. The molecule has 76 valence electrons. The Kier molecular flexibility index (Phi) is 3.24. The number of hydrogen-bond acceptors (Lipinski definition) is 4. The van der Waals surface area contributed by atoms with Crippen molar-refractivity contribution in [3.8, 4) is 0 Å². The van der Waals surface area contributed by atoms with Crippen molar-refractivity contribution in [1.82, 2.24) is 5.32 Å². The quantitative estimate of drug-likeness (QED) is 0.493. The number of aliphatic hydroxyl groups excluding tert-OH is 2. The van der Waals surface area contributed by atoms with Crippen LogP contribution in [0, 0.1) is 0 Å². The molecular formula is C8H15NO4. The Morgan fingerprint density at radius 3 is 2.69 bits per heavy atom. The average Bonchev–Trinajstić information content (AvgIpc) is 1.98. The standard InChI is InChI=1S/C8H15NO4/c1-4-8(12)6(9-5(2)10)3-7(11)13-4/h4,6-8,11-12H,3H2,1-2H3,(H,9,10)/t4-,6-,7?,8-/m1/s1. The first kappa shape index (κ1) is 10.4. The van der Waals surface area contributed by atoms with Gasteiger partial charge in [0.05, 0.1) is 12.1 Å². The number of amides is 1. The molecule has 0 aromatic heterocycles. The smallest absolute Gasteiger partial charge is 0.217 e. The van der Waals surface area contributed by atoms with Crippen LogP contribution >= 0.6 is 0 Å². The Labute approximate surface area is 76.7 Å². The van der Waals surface area contributed by atoms with Crippen LogP contribution in [-0.2, 0) is 9.53 Å². The SMILES string of the molecule is CC(=O)N[C@@H]1CC(O)O[C@H](C)[C@H]1O. The highest BCUT2D eigenvalue weighted by Gasteiger charge is 2.34. The lowest BCUT2D eigenvalue weighted by molar-refractivity contribution is -0.202. The van der Waals surface area contributed by atoms with Crippen molar-refractivity contribution in [2.45, 2.75) is 44.8 Å². The first-order valence-electron chi connectivity index (χ1n) is 4.29. The van der Waals surface area contributed by atoms with Gasteiger partial charge >= 0.3 is 0 Å². The molecule has 13 heavy (non-hydrogen) atoms. The lowest BCUT2D eigenvalue weighted by Gasteiger charge is -2.35. The third-order valence-electron chi connectivity index (χ3n) is 2.11. The Morgan fingerprint density at radius 1 is 1.54 bits per heavy atom. The van der Waals surface area contributed by atoms with E-state index in [2.05, 4.69) is 5.32 Å². The molecule has 5 heteroatoms. The molecule has 1 saturated heterocycles. The van der Waals surface area contributed by atoms with Crippen molar-refractivity contribution in [1.29, 1.82) is 0 Å². The summed E-state index contributed by atoms with van der Waals surface area (Å²) in [6, 6.07) is -0.420. The predicted molar refractivity (Wildman–Crippen MR) is 44.8 cm³/mol. The number of rotatable bonds is 1. The van der Waals surface area contributed by atoms with E-state index in [0.29, 0.717) is 0 Å². The van der Waals surface area contributed by atoms with Crippen LogP contribution < -0.4 is 5.32 Å². The summed E-state index contributed by atoms with van der Waals surface area (Å²) in [4.78, 5) is 10.7. The fourth-order valence-electron chi connectivity index (χ4n) is 1.47. The van der Waals surface area contributed by atoms with Crippen LogP contribution in [0.5, 0.6) is 0 Å². The highest BCUT2D eigenvalue weighted by molar-refractivity contribution is 5.73. The van der Waals surface area contributed by atoms with Gasteiger partial charge in [0, 0.05) is 13.3 Å². The van der Waals surface area contributed by atoms with Gasteiger partial charge in [0.1, 0.15) is 6.10 Å². The summed E-state index contributed by atoms with van der Waals surface area (Å²) in [6.07, 6.45) is -1.89. The minimum Gasteiger partial charge on any atom is -0.388 e. The van der Waals surface area contributed by atoms with Crippen molar-refractivity contribution in [2.75, 3.05) is 0 Å². The molecule has 1 aliphatic rings. The number of hydrogen-bond donors (Lipinski definition) is 3. The molecule has 0 bridgehead atoms. The summed E-state index contributed by atoms with van der Waals surface area (Å²) < 4.78 is 4.96. The molecule has 5 nitrogen and oxygen atoms in total. The molecular weight excluding hydrogens is 174 g/mol. The minimum atomic E-state index is -0.907. The van der Waals surface area contributed by atoms with Crippen LogP contribution in [0.2, 0.25) is 0 Å². The number of carbonyl (C=O) groups excluding carboxylic acids is 1. The maximum absolute atomic E-state index is 10.7. The van der Waals surface area contributed by atoms with Crippen molar-refractivity contribution in [2.24, 2.45) is 0 Å². The first-order valence-corrected chi connectivity index (χ1v) is 4.29. The zero-order valence-electron chi connectivity index (χ0n) is 7.73. The van der Waals surface area contributed by atoms with Crippen molar-refractivity contribution in [3.63, 3.8) is 0 Å². The van der Waals surface area contributed by atoms with E-state index in [0.717, 1.165) is 0 Å². The van der Waals surface area contributed by atoms with E-state index in [1.54, 1.807) is 6.92 Å². The zero-order valence-corrected chi connectivity index (χ0v) is 7.73. The van der Waals surface area contributed by atoms with E-state index in [1.165, 1.54) is 6.92 Å². The minimum absolute atomic E-state index is 0.217. The second-order valence-corrected chi connectivity index (χ2v) is 3.33. The highest BCUT2D eigenvalue weighted by atomic mass is 16.6. The number of aliphatic hydroxyl groups is 2. The third kappa shape index (κ3) is 2.65. The maximum Gasteiger partial charge on any atom is 0.217 e. The van der Waals surface area contributed by atoms with E-state index in [4.69, 9.17) is 4.74 Å². The lowest BCUT2D eigenvalue weighted by atomic mass is 10.00. The fourth-order valence-corrected chi connectivity index (χ4v) is 1.47. The number of ether oxygens (including phenoxy) is 1. The van der Waals surface area contributed by atoms with Gasteiger partial charge in [-0.15, -0.1) is 0 Å². The second kappa shape index (κ2) is 4.04. The molecule has 1 aliphatic heterocycles. The molecule has 0 aromatic rings. The summed E-state index contributed by atoms with van der Waals surface area (Å²) in [5.74, 6) is -0.217. The summed E-state index contributed by atoms with van der Waals surface area (Å²) in [6.45, 7) is 3.03. The van der Waals surface area contributed by atoms with Crippen molar-refractivity contribution >= 4 is 5.91 Å². The van der Waals surface area contributed by atoms with Gasteiger partial charge in [0.2, 0.25) is 5.91 Å². The van der Waals surface area contributed by atoms with Crippen LogP contribution in [0.15, 0.2) is 0 Å². The van der Waals surface area contributed by atoms with Crippen molar-refractivity contribution in [3.05, 3.63) is 0 Å². The molecule has 1 heterocycles. The first-order chi connectivity index (χ1) is 6.00. The maximum atomic E-state index is 10.7. The molecule has 0 radical (unpaired) electrons. The van der Waals surface area contributed by atoms with Gasteiger partial charge in [-0.2, -0.15) is 0 Å². The van der Waals surface area contributed by atoms with E-state index in [9.17, 15) is 15.0 Å². The average molecular weight is 189 g/mol.